The van der Waals surface area contributed by atoms with Gasteiger partial charge < -0.3 is 11.5 Å². The van der Waals surface area contributed by atoms with Crippen molar-refractivity contribution in [2.75, 3.05) is 5.32 Å². The second kappa shape index (κ2) is 6.26. The van der Waals surface area contributed by atoms with Crippen molar-refractivity contribution >= 4 is 12.0 Å². The van der Waals surface area contributed by atoms with Gasteiger partial charge in [0.25, 0.3) is 0 Å². The second-order valence-corrected chi connectivity index (χ2v) is 4.70. The minimum atomic E-state index is -0.846. The summed E-state index contributed by atoms with van der Waals surface area (Å²) < 4.78 is 2.80. The molecule has 2 amide bonds. The molecule has 0 saturated heterocycles. The fraction of sp³-hybridized carbons (Fsp3) is 0.0769. The van der Waals surface area contributed by atoms with E-state index in [9.17, 15) is 9.59 Å². The number of hydrogen-bond acceptors (Lipinski definition) is 7. The molecule has 2 heterocycles. The van der Waals surface area contributed by atoms with Crippen molar-refractivity contribution < 1.29 is 4.79 Å². The molecule has 122 valence electrons. The van der Waals surface area contributed by atoms with Crippen LogP contribution >= 0.6 is 0 Å². The van der Waals surface area contributed by atoms with Crippen molar-refractivity contribution in [1.29, 1.82) is 0 Å². The maximum absolute atomic E-state index is 12.0. The van der Waals surface area contributed by atoms with Gasteiger partial charge in [-0.25, -0.2) is 19.3 Å². The molecule has 2 aromatic heterocycles. The average molecular weight is 327 g/mol. The van der Waals surface area contributed by atoms with E-state index in [1.165, 1.54) is 10.9 Å². The van der Waals surface area contributed by atoms with E-state index >= 15 is 0 Å². The minimum absolute atomic E-state index is 0.155. The summed E-state index contributed by atoms with van der Waals surface area (Å²) in [7, 11) is 0. The quantitative estimate of drug-likeness (QED) is 0.563. The van der Waals surface area contributed by atoms with Crippen LogP contribution in [0.15, 0.2) is 41.6 Å². The van der Waals surface area contributed by atoms with E-state index in [0.29, 0.717) is 17.9 Å². The van der Waals surface area contributed by atoms with E-state index in [1.807, 2.05) is 0 Å². The molecule has 1 aromatic carbocycles. The third-order valence-corrected chi connectivity index (χ3v) is 3.08. The smallest absolute Gasteiger partial charge is 0.351 e. The summed E-state index contributed by atoms with van der Waals surface area (Å²) >= 11 is 0. The number of urea groups is 1. The molecule has 11 heteroatoms. The zero-order chi connectivity index (χ0) is 17.1. The summed E-state index contributed by atoms with van der Waals surface area (Å²) in [5.41, 5.74) is 11.8. The number of nitrogens with two attached hydrogens (primary N) is 2. The van der Waals surface area contributed by atoms with Crippen molar-refractivity contribution in [3.63, 3.8) is 0 Å². The highest BCUT2D eigenvalue weighted by atomic mass is 16.2. The molecule has 0 fully saturated rings. The maximum Gasteiger partial charge on any atom is 0.356 e. The van der Waals surface area contributed by atoms with Gasteiger partial charge in [-0.15, -0.1) is 5.10 Å². The molecule has 0 spiro atoms. The fourth-order valence-corrected chi connectivity index (χ4v) is 1.97. The molecule has 24 heavy (non-hydrogen) atoms. The zero-order valence-corrected chi connectivity index (χ0v) is 12.3. The summed E-state index contributed by atoms with van der Waals surface area (Å²) in [4.78, 5) is 30.2. The first-order valence-corrected chi connectivity index (χ1v) is 6.81. The minimum Gasteiger partial charge on any atom is -0.351 e. The van der Waals surface area contributed by atoms with Crippen LogP contribution in [0, 0.1) is 0 Å². The highest BCUT2D eigenvalue weighted by molar-refractivity contribution is 5.85. The molecule has 0 unspecified atom stereocenters. The number of hydrogen-bond donors (Lipinski definition) is 3. The molecular weight excluding hydrogens is 314 g/mol. The summed E-state index contributed by atoms with van der Waals surface area (Å²) in [6.45, 7) is 0.302. The van der Waals surface area contributed by atoms with Gasteiger partial charge in [0.1, 0.15) is 6.33 Å². The van der Waals surface area contributed by atoms with Crippen LogP contribution in [0.5, 0.6) is 0 Å². The van der Waals surface area contributed by atoms with Crippen LogP contribution in [0.2, 0.25) is 0 Å². The number of carbonyl (C=O) groups excluding carboxylic acids is 1. The first-order chi connectivity index (χ1) is 11.6. The van der Waals surface area contributed by atoms with Gasteiger partial charge in [-0.05, 0) is 24.3 Å². The number of aromatic nitrogens is 6. The predicted octanol–water partition coefficient (Wildman–Crippen LogP) is -0.842. The van der Waals surface area contributed by atoms with Crippen LogP contribution in [0.1, 0.15) is 5.69 Å². The number of amides is 2. The highest BCUT2D eigenvalue weighted by Crippen LogP contribution is 2.11. The third kappa shape index (κ3) is 3.10. The van der Waals surface area contributed by atoms with Crippen LogP contribution in [0.3, 0.4) is 0 Å². The molecule has 0 atom stereocenters. The number of carbonyl (C=O) groups is 1. The maximum atomic E-state index is 12.0. The lowest BCUT2D eigenvalue weighted by Gasteiger charge is -2.06. The molecule has 3 rings (SSSR count). The molecule has 11 nitrogen and oxygen atoms in total. The topological polar surface area (TPSA) is 160 Å². The first kappa shape index (κ1) is 15.3. The Morgan fingerprint density at radius 1 is 1.21 bits per heavy atom. The lowest BCUT2D eigenvalue weighted by atomic mass is 10.3. The summed E-state index contributed by atoms with van der Waals surface area (Å²) in [6, 6.07) is 6.07. The largest absolute Gasteiger partial charge is 0.356 e. The predicted molar refractivity (Wildman–Crippen MR) is 83.6 cm³/mol. The number of nitrogens with one attached hydrogen (secondary N) is 1. The molecule has 5 N–H and O–H groups in total. The third-order valence-electron chi connectivity index (χ3n) is 3.08. The Bertz CT molecular complexity index is 929. The molecule has 0 aliphatic heterocycles. The van der Waals surface area contributed by atoms with Gasteiger partial charge in [-0.2, -0.15) is 4.98 Å². The van der Waals surface area contributed by atoms with E-state index in [4.69, 9.17) is 11.5 Å². The van der Waals surface area contributed by atoms with E-state index in [0.717, 1.165) is 5.69 Å². The Balaban J connectivity index is 1.88. The number of benzene rings is 1. The van der Waals surface area contributed by atoms with Gasteiger partial charge in [0, 0.05) is 6.54 Å². The molecule has 0 radical (unpaired) electrons. The van der Waals surface area contributed by atoms with Gasteiger partial charge in [0.2, 0.25) is 5.95 Å². The van der Waals surface area contributed by atoms with Crippen molar-refractivity contribution in [2.24, 2.45) is 11.5 Å². The Morgan fingerprint density at radius 2 is 1.92 bits per heavy atom. The lowest BCUT2D eigenvalue weighted by molar-refractivity contribution is 0.259. The molecule has 0 aliphatic rings. The average Bonchev–Trinajstić information content (AvgIpc) is 3.04. The van der Waals surface area contributed by atoms with E-state index in [2.05, 4.69) is 25.6 Å². The van der Waals surface area contributed by atoms with Crippen LogP contribution in [-0.4, -0.2) is 35.6 Å². The van der Waals surface area contributed by atoms with Crippen molar-refractivity contribution in [1.82, 2.24) is 29.5 Å². The molecule has 0 saturated carbocycles. The summed E-state index contributed by atoms with van der Waals surface area (Å²) in [5, 5.41) is 10.0. The van der Waals surface area contributed by atoms with Gasteiger partial charge in [-0.1, -0.05) is 5.21 Å². The number of nitrogens with zero attached hydrogens (tertiary/aromatic N) is 6. The monoisotopic (exact) mass is 327 g/mol. The van der Waals surface area contributed by atoms with Crippen molar-refractivity contribution in [2.45, 2.75) is 6.54 Å². The summed E-state index contributed by atoms with van der Waals surface area (Å²) in [5.74, 6) is -0.155. The van der Waals surface area contributed by atoms with Crippen LogP contribution in [-0.2, 0) is 6.54 Å². The normalized spacial score (nSPS) is 10.5. The van der Waals surface area contributed by atoms with E-state index < -0.39 is 11.7 Å². The second-order valence-electron chi connectivity index (χ2n) is 4.70. The van der Waals surface area contributed by atoms with E-state index in [-0.39, 0.29) is 5.95 Å². The van der Waals surface area contributed by atoms with Gasteiger partial charge in [-0.3, -0.25) is 9.88 Å². The van der Waals surface area contributed by atoms with Crippen molar-refractivity contribution in [3.8, 4) is 11.4 Å². The van der Waals surface area contributed by atoms with E-state index in [1.54, 1.807) is 35.1 Å². The Labute approximate surface area is 134 Å². The SMILES string of the molecule is NCc1cn(-c2ccc(-n3cnc(NC(N)=O)nc3=O)cc2)nn1. The molecule has 3 aromatic rings. The summed E-state index contributed by atoms with van der Waals surface area (Å²) in [6.07, 6.45) is 2.96. The lowest BCUT2D eigenvalue weighted by Crippen LogP contribution is -2.27. The molecule has 0 bridgehead atoms. The number of rotatable bonds is 4. The first-order valence-electron chi connectivity index (χ1n) is 6.81. The Morgan fingerprint density at radius 3 is 2.50 bits per heavy atom. The number of anilines is 1. The van der Waals surface area contributed by atoms with Crippen LogP contribution in [0.25, 0.3) is 11.4 Å². The van der Waals surface area contributed by atoms with Crippen LogP contribution in [0.4, 0.5) is 10.7 Å². The standard InChI is InChI=1S/C13H13N9O2/c14-5-8-6-22(20-19-8)10-3-1-9(2-4-10)21-7-16-12(17-11(15)23)18-13(21)24/h1-4,6-7H,5,14H2,(H3,15,17,18,23,24). The zero-order valence-electron chi connectivity index (χ0n) is 12.3. The Kier molecular flexibility index (Phi) is 3.99. The molecular formula is C13H13N9O2. The van der Waals surface area contributed by atoms with Gasteiger partial charge in [0.05, 0.1) is 23.3 Å². The van der Waals surface area contributed by atoms with Gasteiger partial charge in [0.15, 0.2) is 0 Å². The molecule has 0 aliphatic carbocycles. The highest BCUT2D eigenvalue weighted by Gasteiger charge is 2.07. The van der Waals surface area contributed by atoms with Crippen molar-refractivity contribution in [3.05, 3.63) is 53.0 Å². The fourth-order valence-electron chi connectivity index (χ4n) is 1.97. The number of primary amides is 1. The van der Waals surface area contributed by atoms with Crippen LogP contribution < -0.4 is 22.5 Å². The van der Waals surface area contributed by atoms with Gasteiger partial charge >= 0.3 is 11.7 Å². The Hall–Kier alpha value is -3.60.